The van der Waals surface area contributed by atoms with Crippen LogP contribution in [0.15, 0.2) is 42.5 Å². The number of carbonyl (C=O) groups excluding carboxylic acids is 2. The molecule has 0 spiro atoms. The van der Waals surface area contributed by atoms with Gasteiger partial charge >= 0.3 is 0 Å². The Kier molecular flexibility index (Phi) is 6.38. The first-order chi connectivity index (χ1) is 13.5. The molecule has 146 valence electrons. The highest BCUT2D eigenvalue weighted by Gasteiger charge is 2.20. The molecule has 28 heavy (non-hydrogen) atoms. The highest BCUT2D eigenvalue weighted by atomic mass is 32.1. The normalized spacial score (nSPS) is 10.8. The van der Waals surface area contributed by atoms with Crippen LogP contribution >= 0.6 is 11.3 Å². The van der Waals surface area contributed by atoms with Gasteiger partial charge in [-0.3, -0.25) is 9.59 Å². The molecular formula is C21H23N3O3S. The van der Waals surface area contributed by atoms with Gasteiger partial charge in [-0.2, -0.15) is 0 Å². The number of amides is 2. The standard InChI is InChI=1S/C21H23N3O3S/c1-14-15(2)28-21(22-14)23-19(25)13-24(10-11-27-3)20(26)18-9-8-16-6-4-5-7-17(16)12-18/h4-9,12H,10-11,13H2,1-3H3,(H,22,23,25). The zero-order valence-electron chi connectivity index (χ0n) is 16.2. The Hall–Kier alpha value is -2.77. The Balaban J connectivity index is 1.75. The van der Waals surface area contributed by atoms with Crippen LogP contribution in [0.2, 0.25) is 0 Å². The SMILES string of the molecule is COCCN(CC(=O)Nc1nc(C)c(C)s1)C(=O)c1ccc2ccccc2c1. The second-order valence-corrected chi connectivity index (χ2v) is 7.69. The van der Waals surface area contributed by atoms with E-state index in [1.54, 1.807) is 13.2 Å². The molecule has 1 N–H and O–H groups in total. The predicted octanol–water partition coefficient (Wildman–Crippen LogP) is 3.64. The van der Waals surface area contributed by atoms with Crippen LogP contribution < -0.4 is 5.32 Å². The molecule has 2 amide bonds. The summed E-state index contributed by atoms with van der Waals surface area (Å²) in [6.07, 6.45) is 0. The number of rotatable bonds is 7. The lowest BCUT2D eigenvalue weighted by Crippen LogP contribution is -2.40. The number of hydrogen-bond acceptors (Lipinski definition) is 5. The summed E-state index contributed by atoms with van der Waals surface area (Å²) >= 11 is 1.42. The molecule has 0 aliphatic carbocycles. The third kappa shape index (κ3) is 4.74. The summed E-state index contributed by atoms with van der Waals surface area (Å²) in [6.45, 7) is 4.46. The monoisotopic (exact) mass is 397 g/mol. The molecule has 2 aromatic carbocycles. The Morgan fingerprint density at radius 2 is 1.89 bits per heavy atom. The van der Waals surface area contributed by atoms with Gasteiger partial charge in [0.25, 0.3) is 5.91 Å². The minimum absolute atomic E-state index is 0.0628. The fourth-order valence-corrected chi connectivity index (χ4v) is 3.65. The van der Waals surface area contributed by atoms with E-state index in [1.165, 1.54) is 16.2 Å². The molecule has 0 aliphatic heterocycles. The fraction of sp³-hybridized carbons (Fsp3) is 0.286. The van der Waals surface area contributed by atoms with Crippen molar-refractivity contribution < 1.29 is 14.3 Å². The highest BCUT2D eigenvalue weighted by molar-refractivity contribution is 7.15. The maximum Gasteiger partial charge on any atom is 0.254 e. The van der Waals surface area contributed by atoms with Crippen molar-refractivity contribution in [3.8, 4) is 0 Å². The van der Waals surface area contributed by atoms with E-state index in [0.717, 1.165) is 21.3 Å². The maximum absolute atomic E-state index is 13.0. The first kappa shape index (κ1) is 20.0. The van der Waals surface area contributed by atoms with Crippen LogP contribution in [0.1, 0.15) is 20.9 Å². The average molecular weight is 398 g/mol. The molecule has 1 aromatic heterocycles. The lowest BCUT2D eigenvalue weighted by atomic mass is 10.1. The molecule has 0 fully saturated rings. The van der Waals surface area contributed by atoms with Crippen LogP contribution in [-0.2, 0) is 9.53 Å². The van der Waals surface area contributed by atoms with E-state index in [-0.39, 0.29) is 18.4 Å². The van der Waals surface area contributed by atoms with Crippen LogP contribution in [0.3, 0.4) is 0 Å². The van der Waals surface area contributed by atoms with E-state index in [9.17, 15) is 9.59 Å². The van der Waals surface area contributed by atoms with E-state index in [0.29, 0.717) is 23.8 Å². The van der Waals surface area contributed by atoms with Gasteiger partial charge < -0.3 is 15.0 Å². The number of aryl methyl sites for hydroxylation is 2. The molecule has 7 heteroatoms. The van der Waals surface area contributed by atoms with Crippen molar-refractivity contribution in [3.63, 3.8) is 0 Å². The predicted molar refractivity (Wildman–Crippen MR) is 112 cm³/mol. The summed E-state index contributed by atoms with van der Waals surface area (Å²) < 4.78 is 5.11. The number of nitrogens with one attached hydrogen (secondary N) is 1. The topological polar surface area (TPSA) is 71.5 Å². The van der Waals surface area contributed by atoms with Gasteiger partial charge in [0.1, 0.15) is 6.54 Å². The molecule has 3 aromatic rings. The molecule has 1 heterocycles. The van der Waals surface area contributed by atoms with Gasteiger partial charge in [0.2, 0.25) is 5.91 Å². The minimum atomic E-state index is -0.279. The minimum Gasteiger partial charge on any atom is -0.383 e. The number of thiazole rings is 1. The van der Waals surface area contributed by atoms with Crippen molar-refractivity contribution in [2.24, 2.45) is 0 Å². The summed E-state index contributed by atoms with van der Waals surface area (Å²) in [4.78, 5) is 32.4. The molecule has 0 aliphatic rings. The first-order valence-corrected chi connectivity index (χ1v) is 9.80. The van der Waals surface area contributed by atoms with Crippen LogP contribution in [-0.4, -0.2) is 48.5 Å². The van der Waals surface area contributed by atoms with Gasteiger partial charge in [0.15, 0.2) is 5.13 Å². The Morgan fingerprint density at radius 1 is 1.14 bits per heavy atom. The number of carbonyl (C=O) groups is 2. The number of anilines is 1. The number of fused-ring (bicyclic) bond motifs is 1. The van der Waals surface area contributed by atoms with Crippen LogP contribution in [0.5, 0.6) is 0 Å². The van der Waals surface area contributed by atoms with Gasteiger partial charge in [-0.05, 0) is 36.8 Å². The number of methoxy groups -OCH3 is 1. The van der Waals surface area contributed by atoms with E-state index < -0.39 is 0 Å². The summed E-state index contributed by atoms with van der Waals surface area (Å²) in [5.74, 6) is -0.483. The highest BCUT2D eigenvalue weighted by Crippen LogP contribution is 2.21. The number of hydrogen-bond donors (Lipinski definition) is 1. The molecule has 0 radical (unpaired) electrons. The Bertz CT molecular complexity index is 980. The molecule has 0 saturated heterocycles. The zero-order chi connectivity index (χ0) is 20.1. The van der Waals surface area contributed by atoms with Crippen molar-refractivity contribution in [1.82, 2.24) is 9.88 Å². The Morgan fingerprint density at radius 3 is 2.57 bits per heavy atom. The lowest BCUT2D eigenvalue weighted by molar-refractivity contribution is -0.117. The zero-order valence-corrected chi connectivity index (χ0v) is 17.0. The molecular weight excluding hydrogens is 374 g/mol. The second-order valence-electron chi connectivity index (χ2n) is 6.49. The molecule has 6 nitrogen and oxygen atoms in total. The number of nitrogens with zero attached hydrogens (tertiary/aromatic N) is 2. The molecule has 0 bridgehead atoms. The van der Waals surface area contributed by atoms with Gasteiger partial charge in [0, 0.05) is 24.1 Å². The van der Waals surface area contributed by atoms with Crippen LogP contribution in [0.25, 0.3) is 10.8 Å². The third-order valence-electron chi connectivity index (χ3n) is 4.46. The van der Waals surface area contributed by atoms with Gasteiger partial charge in [-0.25, -0.2) is 4.98 Å². The summed E-state index contributed by atoms with van der Waals surface area (Å²) in [6, 6.07) is 13.4. The molecule has 0 unspecified atom stereocenters. The van der Waals surface area contributed by atoms with Gasteiger partial charge in [0.05, 0.1) is 12.3 Å². The van der Waals surface area contributed by atoms with E-state index in [1.807, 2.05) is 50.2 Å². The fourth-order valence-electron chi connectivity index (χ4n) is 2.82. The lowest BCUT2D eigenvalue weighted by Gasteiger charge is -2.22. The van der Waals surface area contributed by atoms with Crippen molar-refractivity contribution in [2.75, 3.05) is 32.1 Å². The largest absolute Gasteiger partial charge is 0.383 e. The summed E-state index contributed by atoms with van der Waals surface area (Å²) in [5, 5.41) is 5.38. The number of ether oxygens (including phenoxy) is 1. The maximum atomic E-state index is 13.0. The quantitative estimate of drug-likeness (QED) is 0.661. The number of aromatic nitrogens is 1. The molecule has 0 saturated carbocycles. The van der Waals surface area contributed by atoms with Crippen molar-refractivity contribution in [1.29, 1.82) is 0 Å². The van der Waals surface area contributed by atoms with Crippen LogP contribution in [0, 0.1) is 13.8 Å². The average Bonchev–Trinajstić information content (AvgIpc) is 3.00. The second kappa shape index (κ2) is 8.95. The summed E-state index contributed by atoms with van der Waals surface area (Å²) in [5.41, 5.74) is 1.44. The molecule has 0 atom stereocenters. The smallest absolute Gasteiger partial charge is 0.254 e. The number of benzene rings is 2. The van der Waals surface area contributed by atoms with Crippen molar-refractivity contribution in [3.05, 3.63) is 58.6 Å². The Labute approximate surface area is 168 Å². The van der Waals surface area contributed by atoms with Gasteiger partial charge in [-0.15, -0.1) is 11.3 Å². The van der Waals surface area contributed by atoms with Gasteiger partial charge in [-0.1, -0.05) is 30.3 Å². The molecule has 3 rings (SSSR count). The van der Waals surface area contributed by atoms with Crippen molar-refractivity contribution >= 4 is 39.1 Å². The summed E-state index contributed by atoms with van der Waals surface area (Å²) in [7, 11) is 1.57. The van der Waals surface area contributed by atoms with Crippen LogP contribution in [0.4, 0.5) is 5.13 Å². The van der Waals surface area contributed by atoms with Crippen molar-refractivity contribution in [2.45, 2.75) is 13.8 Å². The first-order valence-electron chi connectivity index (χ1n) is 8.99. The van der Waals surface area contributed by atoms with E-state index in [2.05, 4.69) is 10.3 Å². The third-order valence-corrected chi connectivity index (χ3v) is 5.45. The van der Waals surface area contributed by atoms with E-state index in [4.69, 9.17) is 4.74 Å². The van der Waals surface area contributed by atoms with E-state index >= 15 is 0 Å².